The van der Waals surface area contributed by atoms with Crippen molar-refractivity contribution in [3.05, 3.63) is 35.9 Å². The molecule has 3 unspecified atom stereocenters. The van der Waals surface area contributed by atoms with Crippen LogP contribution in [-0.4, -0.2) is 36.2 Å². The first-order chi connectivity index (χ1) is 8.31. The summed E-state index contributed by atoms with van der Waals surface area (Å²) in [6.07, 6.45) is 4.69. The molecule has 3 rings (SSSR count). The number of benzene rings is 1. The van der Waals surface area contributed by atoms with Crippen LogP contribution in [0.15, 0.2) is 30.3 Å². The van der Waals surface area contributed by atoms with Gasteiger partial charge in [0.2, 0.25) is 0 Å². The molecule has 0 N–H and O–H groups in total. The molecule has 2 bridgehead atoms. The molecule has 18 heavy (non-hydrogen) atoms. The fraction of sp³-hybridized carbons (Fsp3) is 0.600. The largest absolute Gasteiger partial charge is 0.372 e. The zero-order valence-electron chi connectivity index (χ0n) is 10.9. The summed E-state index contributed by atoms with van der Waals surface area (Å²) in [6, 6.07) is 11.4. The number of fused-ring (bicyclic) bond motifs is 2. The van der Waals surface area contributed by atoms with Crippen LogP contribution in [0.2, 0.25) is 0 Å². The molecule has 2 nitrogen and oxygen atoms in total. The number of likely N-dealkylation sites (tertiary alicyclic amines) is 1. The summed E-state index contributed by atoms with van der Waals surface area (Å²) < 4.78 is 5.89. The maximum atomic E-state index is 5.89. The molecular weight excluding hydrogens is 246 g/mol. The normalized spacial score (nSPS) is 28.7. The van der Waals surface area contributed by atoms with Gasteiger partial charge in [0.25, 0.3) is 0 Å². The van der Waals surface area contributed by atoms with E-state index in [1.54, 1.807) is 0 Å². The van der Waals surface area contributed by atoms with Crippen LogP contribution in [0.4, 0.5) is 0 Å². The van der Waals surface area contributed by atoms with Gasteiger partial charge in [-0.15, -0.1) is 12.4 Å². The van der Waals surface area contributed by atoms with Gasteiger partial charge in [-0.2, -0.15) is 0 Å². The Labute approximate surface area is 116 Å². The Morgan fingerprint density at radius 1 is 1.17 bits per heavy atom. The van der Waals surface area contributed by atoms with Gasteiger partial charge < -0.3 is 4.74 Å². The van der Waals surface area contributed by atoms with Crippen LogP contribution in [0.1, 0.15) is 25.3 Å². The van der Waals surface area contributed by atoms with Crippen molar-refractivity contribution in [3.8, 4) is 0 Å². The fourth-order valence-electron chi connectivity index (χ4n) is 3.09. The van der Waals surface area contributed by atoms with Gasteiger partial charge in [0.15, 0.2) is 0 Å². The molecule has 0 aromatic heterocycles. The monoisotopic (exact) mass is 267 g/mol. The Morgan fingerprint density at radius 2 is 1.78 bits per heavy atom. The second-order valence-electron chi connectivity index (χ2n) is 5.45. The van der Waals surface area contributed by atoms with E-state index in [2.05, 4.69) is 42.2 Å². The average molecular weight is 268 g/mol. The summed E-state index contributed by atoms with van der Waals surface area (Å²) in [7, 11) is 0. The van der Waals surface area contributed by atoms with Gasteiger partial charge in [0.05, 0.1) is 12.2 Å². The third-order valence-corrected chi connectivity index (χ3v) is 4.07. The van der Waals surface area contributed by atoms with Gasteiger partial charge in [0.1, 0.15) is 0 Å². The van der Waals surface area contributed by atoms with Crippen LogP contribution < -0.4 is 0 Å². The van der Waals surface area contributed by atoms with Crippen molar-refractivity contribution in [2.75, 3.05) is 13.1 Å². The van der Waals surface area contributed by atoms with E-state index in [4.69, 9.17) is 4.74 Å². The summed E-state index contributed by atoms with van der Waals surface area (Å²) in [6.45, 7) is 4.60. The van der Waals surface area contributed by atoms with E-state index in [0.717, 1.165) is 19.5 Å². The molecule has 2 heterocycles. The Kier molecular flexibility index (Phi) is 4.66. The molecule has 2 aliphatic heterocycles. The van der Waals surface area contributed by atoms with Crippen LogP contribution >= 0.6 is 12.4 Å². The van der Waals surface area contributed by atoms with Crippen LogP contribution in [-0.2, 0) is 11.2 Å². The summed E-state index contributed by atoms with van der Waals surface area (Å²) in [5.74, 6) is 0. The second kappa shape index (κ2) is 6.05. The highest BCUT2D eigenvalue weighted by Gasteiger charge is 2.35. The van der Waals surface area contributed by atoms with E-state index < -0.39 is 0 Å². The van der Waals surface area contributed by atoms with Crippen molar-refractivity contribution in [2.24, 2.45) is 0 Å². The first kappa shape index (κ1) is 13.9. The van der Waals surface area contributed by atoms with E-state index >= 15 is 0 Å². The predicted molar refractivity (Wildman–Crippen MR) is 76.3 cm³/mol. The van der Waals surface area contributed by atoms with Crippen LogP contribution in [0.3, 0.4) is 0 Å². The SMILES string of the molecule is CC(Cc1ccccc1)N1CC2CCC(C1)O2.Cl. The number of hydrogen-bond acceptors (Lipinski definition) is 2. The highest BCUT2D eigenvalue weighted by Crippen LogP contribution is 2.27. The van der Waals surface area contributed by atoms with Crippen molar-refractivity contribution >= 4 is 12.4 Å². The van der Waals surface area contributed by atoms with Gasteiger partial charge in [-0.25, -0.2) is 0 Å². The van der Waals surface area contributed by atoms with E-state index in [1.807, 2.05) is 0 Å². The third-order valence-electron chi connectivity index (χ3n) is 4.07. The quantitative estimate of drug-likeness (QED) is 0.835. The molecule has 0 aliphatic carbocycles. The van der Waals surface area contributed by atoms with Gasteiger partial charge >= 0.3 is 0 Å². The molecule has 2 fully saturated rings. The van der Waals surface area contributed by atoms with Crippen molar-refractivity contribution in [1.29, 1.82) is 0 Å². The highest BCUT2D eigenvalue weighted by atomic mass is 35.5. The number of nitrogens with zero attached hydrogens (tertiary/aromatic N) is 1. The maximum absolute atomic E-state index is 5.89. The Hall–Kier alpha value is -0.570. The van der Waals surface area contributed by atoms with Crippen molar-refractivity contribution < 1.29 is 4.74 Å². The predicted octanol–water partition coefficient (Wildman–Crippen LogP) is 2.90. The summed E-state index contributed by atoms with van der Waals surface area (Å²) in [5, 5.41) is 0. The second-order valence-corrected chi connectivity index (χ2v) is 5.45. The zero-order chi connectivity index (χ0) is 11.7. The lowest BCUT2D eigenvalue weighted by atomic mass is 10.1. The maximum Gasteiger partial charge on any atom is 0.0707 e. The number of rotatable bonds is 3. The number of ether oxygens (including phenoxy) is 1. The molecule has 2 saturated heterocycles. The molecule has 0 saturated carbocycles. The molecule has 3 atom stereocenters. The van der Waals surface area contributed by atoms with Gasteiger partial charge in [-0.1, -0.05) is 30.3 Å². The van der Waals surface area contributed by atoms with Crippen LogP contribution in [0.25, 0.3) is 0 Å². The van der Waals surface area contributed by atoms with E-state index in [0.29, 0.717) is 18.2 Å². The van der Waals surface area contributed by atoms with Crippen LogP contribution in [0.5, 0.6) is 0 Å². The first-order valence-electron chi connectivity index (χ1n) is 6.74. The molecular formula is C15H22ClNO. The van der Waals surface area contributed by atoms with E-state index in [-0.39, 0.29) is 12.4 Å². The summed E-state index contributed by atoms with van der Waals surface area (Å²) >= 11 is 0. The van der Waals surface area contributed by atoms with Crippen molar-refractivity contribution in [3.63, 3.8) is 0 Å². The molecule has 1 aromatic carbocycles. The number of hydrogen-bond donors (Lipinski definition) is 0. The number of morpholine rings is 1. The van der Waals surface area contributed by atoms with E-state index in [1.165, 1.54) is 18.4 Å². The third kappa shape index (κ3) is 3.05. The Bertz CT molecular complexity index is 358. The highest BCUT2D eigenvalue weighted by molar-refractivity contribution is 5.85. The Balaban J connectivity index is 0.00000120. The van der Waals surface area contributed by atoms with Crippen LogP contribution in [0, 0.1) is 0 Å². The summed E-state index contributed by atoms with van der Waals surface area (Å²) in [5.41, 5.74) is 1.44. The molecule has 3 heteroatoms. The summed E-state index contributed by atoms with van der Waals surface area (Å²) in [4.78, 5) is 2.61. The average Bonchev–Trinajstić information content (AvgIpc) is 2.69. The van der Waals surface area contributed by atoms with Gasteiger partial charge in [0, 0.05) is 19.1 Å². The molecule has 100 valence electrons. The van der Waals surface area contributed by atoms with Gasteiger partial charge in [-0.3, -0.25) is 4.90 Å². The zero-order valence-corrected chi connectivity index (χ0v) is 11.7. The minimum absolute atomic E-state index is 0. The van der Waals surface area contributed by atoms with Crippen molar-refractivity contribution in [2.45, 2.75) is 44.4 Å². The number of halogens is 1. The lowest BCUT2D eigenvalue weighted by Gasteiger charge is -2.36. The Morgan fingerprint density at radius 3 is 2.39 bits per heavy atom. The smallest absolute Gasteiger partial charge is 0.0707 e. The topological polar surface area (TPSA) is 12.5 Å². The van der Waals surface area contributed by atoms with Crippen molar-refractivity contribution in [1.82, 2.24) is 4.90 Å². The molecule has 0 amide bonds. The standard InChI is InChI=1S/C15H21NO.ClH/c1-12(9-13-5-3-2-4-6-13)16-10-14-7-8-15(11-16)17-14;/h2-6,12,14-15H,7-11H2,1H3;1H. The molecule has 0 radical (unpaired) electrons. The fourth-order valence-corrected chi connectivity index (χ4v) is 3.09. The minimum atomic E-state index is 0. The minimum Gasteiger partial charge on any atom is -0.372 e. The lowest BCUT2D eigenvalue weighted by Crippen LogP contribution is -2.47. The molecule has 2 aliphatic rings. The van der Waals surface area contributed by atoms with Gasteiger partial charge in [-0.05, 0) is 31.7 Å². The molecule has 1 aromatic rings. The van der Waals surface area contributed by atoms with E-state index in [9.17, 15) is 0 Å². The lowest BCUT2D eigenvalue weighted by molar-refractivity contribution is -0.0502. The first-order valence-corrected chi connectivity index (χ1v) is 6.74. The molecule has 0 spiro atoms.